The number of rotatable bonds is 4. The largest absolute Gasteiger partial charge is 0.271 e. The van der Waals surface area contributed by atoms with Gasteiger partial charge in [0.25, 0.3) is 0 Å². The summed E-state index contributed by atoms with van der Waals surface area (Å²) >= 11 is 19.5. The number of benzene rings is 1. The Morgan fingerprint density at radius 3 is 2.56 bits per heavy atom. The minimum atomic E-state index is -0.0292. The van der Waals surface area contributed by atoms with E-state index in [1.807, 2.05) is 18.2 Å². The van der Waals surface area contributed by atoms with Crippen molar-refractivity contribution in [2.24, 2.45) is 5.84 Å². The number of hydrogen-bond acceptors (Lipinski definition) is 3. The summed E-state index contributed by atoms with van der Waals surface area (Å²) in [7, 11) is 0. The molecule has 2 nitrogen and oxygen atoms in total. The second kappa shape index (κ2) is 6.24. The Labute approximate surface area is 125 Å². The normalized spacial score (nSPS) is 12.7. The standard InChI is InChI=1S/C12H11Cl3N2S/c13-8-1-2-9(14)7(5-8)6-10(17-16)11-3-4-12(15)18-11/h1-5,10,17H,6,16H2. The molecule has 18 heavy (non-hydrogen) atoms. The molecule has 6 heteroatoms. The predicted molar refractivity (Wildman–Crippen MR) is 79.6 cm³/mol. The van der Waals surface area contributed by atoms with Gasteiger partial charge in [-0.2, -0.15) is 0 Å². The maximum atomic E-state index is 6.14. The van der Waals surface area contributed by atoms with Crippen molar-refractivity contribution in [2.75, 3.05) is 0 Å². The average Bonchev–Trinajstić information content (AvgIpc) is 2.77. The molecule has 0 fully saturated rings. The van der Waals surface area contributed by atoms with Gasteiger partial charge in [0.2, 0.25) is 0 Å². The van der Waals surface area contributed by atoms with Crippen molar-refractivity contribution in [1.82, 2.24) is 5.43 Å². The van der Waals surface area contributed by atoms with Gasteiger partial charge >= 0.3 is 0 Å². The molecule has 0 bridgehead atoms. The SMILES string of the molecule is NNC(Cc1cc(Cl)ccc1Cl)c1ccc(Cl)s1. The zero-order chi connectivity index (χ0) is 13.1. The van der Waals surface area contributed by atoms with Crippen molar-refractivity contribution in [2.45, 2.75) is 12.5 Å². The Bertz CT molecular complexity index is 542. The van der Waals surface area contributed by atoms with Gasteiger partial charge in [-0.1, -0.05) is 34.8 Å². The Hall–Kier alpha value is -0.290. The van der Waals surface area contributed by atoms with Crippen molar-refractivity contribution >= 4 is 46.1 Å². The lowest BCUT2D eigenvalue weighted by molar-refractivity contribution is 0.561. The summed E-state index contributed by atoms with van der Waals surface area (Å²) in [6.07, 6.45) is 0.659. The number of thiophene rings is 1. The molecule has 2 rings (SSSR count). The van der Waals surface area contributed by atoms with Gasteiger partial charge < -0.3 is 0 Å². The van der Waals surface area contributed by atoms with E-state index in [4.69, 9.17) is 40.6 Å². The van der Waals surface area contributed by atoms with Crippen LogP contribution in [0.2, 0.25) is 14.4 Å². The summed E-state index contributed by atoms with van der Waals surface area (Å²) in [5.74, 6) is 5.59. The van der Waals surface area contributed by atoms with Crippen LogP contribution >= 0.6 is 46.1 Å². The van der Waals surface area contributed by atoms with Crippen molar-refractivity contribution in [3.8, 4) is 0 Å². The third-order valence-electron chi connectivity index (χ3n) is 2.57. The molecule has 0 aliphatic carbocycles. The van der Waals surface area contributed by atoms with E-state index >= 15 is 0 Å². The van der Waals surface area contributed by atoms with Gasteiger partial charge in [-0.3, -0.25) is 11.3 Å². The summed E-state index contributed by atoms with van der Waals surface area (Å²) in [6.45, 7) is 0. The van der Waals surface area contributed by atoms with E-state index in [1.54, 1.807) is 12.1 Å². The molecule has 3 N–H and O–H groups in total. The quantitative estimate of drug-likeness (QED) is 0.644. The van der Waals surface area contributed by atoms with E-state index in [1.165, 1.54) is 11.3 Å². The highest BCUT2D eigenvalue weighted by molar-refractivity contribution is 7.16. The number of nitrogens with two attached hydrogens (primary N) is 1. The molecular weight excluding hydrogens is 311 g/mol. The third-order valence-corrected chi connectivity index (χ3v) is 4.52. The Balaban J connectivity index is 2.22. The first-order valence-electron chi connectivity index (χ1n) is 5.25. The highest BCUT2D eigenvalue weighted by atomic mass is 35.5. The number of halogens is 3. The molecule has 2 aromatic rings. The smallest absolute Gasteiger partial charge is 0.0931 e. The van der Waals surface area contributed by atoms with Crippen LogP contribution in [-0.4, -0.2) is 0 Å². The molecule has 1 aromatic heterocycles. The molecule has 0 spiro atoms. The van der Waals surface area contributed by atoms with Crippen LogP contribution in [0.15, 0.2) is 30.3 Å². The second-order valence-electron chi connectivity index (χ2n) is 3.80. The van der Waals surface area contributed by atoms with Crippen LogP contribution in [0.4, 0.5) is 0 Å². The van der Waals surface area contributed by atoms with Crippen LogP contribution in [0.25, 0.3) is 0 Å². The summed E-state index contributed by atoms with van der Waals surface area (Å²) in [4.78, 5) is 1.07. The fourth-order valence-corrected chi connectivity index (χ4v) is 3.19. The average molecular weight is 322 g/mol. The van der Waals surface area contributed by atoms with E-state index in [-0.39, 0.29) is 6.04 Å². The van der Waals surface area contributed by atoms with Crippen LogP contribution in [-0.2, 0) is 6.42 Å². The van der Waals surface area contributed by atoms with E-state index in [0.717, 1.165) is 14.8 Å². The minimum Gasteiger partial charge on any atom is -0.271 e. The van der Waals surface area contributed by atoms with Gasteiger partial charge in [-0.25, -0.2) is 0 Å². The van der Waals surface area contributed by atoms with Gasteiger partial charge in [-0.05, 0) is 42.3 Å². The van der Waals surface area contributed by atoms with Gasteiger partial charge in [0, 0.05) is 14.9 Å². The first kappa shape index (κ1) is 14.1. The molecule has 0 aliphatic heterocycles. The molecule has 0 amide bonds. The molecule has 0 saturated heterocycles. The van der Waals surface area contributed by atoms with E-state index in [2.05, 4.69) is 5.43 Å². The lowest BCUT2D eigenvalue weighted by atomic mass is 10.1. The molecule has 96 valence electrons. The zero-order valence-corrected chi connectivity index (χ0v) is 12.4. The monoisotopic (exact) mass is 320 g/mol. The summed E-state index contributed by atoms with van der Waals surface area (Å²) in [6, 6.07) is 9.18. The Morgan fingerprint density at radius 1 is 1.17 bits per heavy atom. The van der Waals surface area contributed by atoms with Crippen molar-refractivity contribution in [1.29, 1.82) is 0 Å². The number of hydrazine groups is 1. The zero-order valence-electron chi connectivity index (χ0n) is 9.29. The van der Waals surface area contributed by atoms with Crippen LogP contribution in [0, 0.1) is 0 Å². The third kappa shape index (κ3) is 3.38. The molecular formula is C12H11Cl3N2S. The lowest BCUT2D eigenvalue weighted by Gasteiger charge is -2.15. The summed E-state index contributed by atoms with van der Waals surface area (Å²) < 4.78 is 0.738. The van der Waals surface area contributed by atoms with Crippen LogP contribution < -0.4 is 11.3 Å². The van der Waals surface area contributed by atoms with Crippen molar-refractivity contribution in [3.05, 3.63) is 55.2 Å². The maximum absolute atomic E-state index is 6.14. The fourth-order valence-electron chi connectivity index (χ4n) is 1.68. The van der Waals surface area contributed by atoms with Crippen LogP contribution in [0.3, 0.4) is 0 Å². The fraction of sp³-hybridized carbons (Fsp3) is 0.167. The van der Waals surface area contributed by atoms with E-state index in [0.29, 0.717) is 16.5 Å². The van der Waals surface area contributed by atoms with Crippen molar-refractivity contribution in [3.63, 3.8) is 0 Å². The molecule has 1 aromatic carbocycles. The van der Waals surface area contributed by atoms with Crippen molar-refractivity contribution < 1.29 is 0 Å². The van der Waals surface area contributed by atoms with Crippen LogP contribution in [0.1, 0.15) is 16.5 Å². The highest BCUT2D eigenvalue weighted by Gasteiger charge is 2.14. The summed E-state index contributed by atoms with van der Waals surface area (Å²) in [5.41, 5.74) is 3.73. The Kier molecular flexibility index (Phi) is 4.90. The highest BCUT2D eigenvalue weighted by Crippen LogP contribution is 2.31. The topological polar surface area (TPSA) is 38.0 Å². The van der Waals surface area contributed by atoms with Crippen LogP contribution in [0.5, 0.6) is 0 Å². The second-order valence-corrected chi connectivity index (χ2v) is 6.39. The molecule has 1 atom stereocenters. The molecule has 1 heterocycles. The Morgan fingerprint density at radius 2 is 1.94 bits per heavy atom. The van der Waals surface area contributed by atoms with Gasteiger partial charge in [0.05, 0.1) is 10.4 Å². The van der Waals surface area contributed by atoms with Gasteiger partial charge in [-0.15, -0.1) is 11.3 Å². The minimum absolute atomic E-state index is 0.0292. The van der Waals surface area contributed by atoms with E-state index < -0.39 is 0 Å². The number of hydrogen-bond donors (Lipinski definition) is 2. The molecule has 1 unspecified atom stereocenters. The molecule has 0 aliphatic rings. The maximum Gasteiger partial charge on any atom is 0.0931 e. The molecule has 0 radical (unpaired) electrons. The molecule has 0 saturated carbocycles. The number of nitrogens with one attached hydrogen (secondary N) is 1. The first-order valence-corrected chi connectivity index (χ1v) is 7.20. The van der Waals surface area contributed by atoms with Gasteiger partial charge in [0.1, 0.15) is 0 Å². The lowest BCUT2D eigenvalue weighted by Crippen LogP contribution is -2.29. The van der Waals surface area contributed by atoms with Gasteiger partial charge in [0.15, 0.2) is 0 Å². The first-order chi connectivity index (χ1) is 8.60. The summed E-state index contributed by atoms with van der Waals surface area (Å²) in [5, 5.41) is 1.34. The predicted octanol–water partition coefficient (Wildman–Crippen LogP) is 4.46. The van der Waals surface area contributed by atoms with E-state index in [9.17, 15) is 0 Å².